The highest BCUT2D eigenvalue weighted by Gasteiger charge is 2.20. The predicted octanol–water partition coefficient (Wildman–Crippen LogP) is 2.05. The van der Waals surface area contributed by atoms with Gasteiger partial charge in [-0.1, -0.05) is 12.1 Å². The van der Waals surface area contributed by atoms with E-state index in [9.17, 15) is 10.1 Å². The molecule has 3 rings (SSSR count). The number of carbonyl (C=O) groups excluding carboxylic acids is 1. The minimum atomic E-state index is -0.209. The molecule has 2 fully saturated rings. The topological polar surface area (TPSA) is 56.6 Å². The number of morpholine rings is 1. The molecule has 120 valence electrons. The summed E-state index contributed by atoms with van der Waals surface area (Å²) in [5, 5.41) is 9.31. The van der Waals surface area contributed by atoms with Crippen molar-refractivity contribution in [3.63, 3.8) is 0 Å². The van der Waals surface area contributed by atoms with Gasteiger partial charge in [0, 0.05) is 31.9 Å². The molecule has 2 saturated heterocycles. The largest absolute Gasteiger partial charge is 0.378 e. The molecule has 0 saturated carbocycles. The summed E-state index contributed by atoms with van der Waals surface area (Å²) in [6, 6.07) is 10.1. The van der Waals surface area contributed by atoms with Gasteiger partial charge in [-0.3, -0.25) is 4.79 Å². The second-order valence-electron chi connectivity index (χ2n) is 5.86. The van der Waals surface area contributed by atoms with Gasteiger partial charge in [0.1, 0.15) is 11.6 Å². The minimum Gasteiger partial charge on any atom is -0.378 e. The third-order valence-electron chi connectivity index (χ3n) is 4.32. The van der Waals surface area contributed by atoms with Gasteiger partial charge in [-0.2, -0.15) is 5.26 Å². The molecule has 0 atom stereocenters. The lowest BCUT2D eigenvalue weighted by Crippen LogP contribution is -2.41. The first-order chi connectivity index (χ1) is 11.3. The zero-order valence-electron chi connectivity index (χ0n) is 13.2. The molecule has 0 N–H and O–H groups in total. The molecule has 5 heteroatoms. The Bertz CT molecular complexity index is 619. The third-order valence-corrected chi connectivity index (χ3v) is 4.32. The SMILES string of the molecule is N#CC(=Cc1ccc(N2CCCC2)cc1)C(=O)N1CCOCC1. The van der Waals surface area contributed by atoms with Crippen molar-refractivity contribution in [3.05, 3.63) is 35.4 Å². The van der Waals surface area contributed by atoms with Crippen LogP contribution in [-0.4, -0.2) is 50.2 Å². The van der Waals surface area contributed by atoms with Crippen molar-refractivity contribution in [2.75, 3.05) is 44.3 Å². The fourth-order valence-corrected chi connectivity index (χ4v) is 3.00. The van der Waals surface area contributed by atoms with E-state index in [4.69, 9.17) is 4.74 Å². The first kappa shape index (κ1) is 15.6. The van der Waals surface area contributed by atoms with E-state index in [1.807, 2.05) is 18.2 Å². The Balaban J connectivity index is 1.72. The molecule has 2 aliphatic heterocycles. The molecule has 1 amide bonds. The number of hydrogen-bond donors (Lipinski definition) is 0. The smallest absolute Gasteiger partial charge is 0.264 e. The van der Waals surface area contributed by atoms with Crippen molar-refractivity contribution in [3.8, 4) is 6.07 Å². The van der Waals surface area contributed by atoms with E-state index >= 15 is 0 Å². The van der Waals surface area contributed by atoms with Gasteiger partial charge in [-0.05, 0) is 36.6 Å². The summed E-state index contributed by atoms with van der Waals surface area (Å²) in [4.78, 5) is 16.4. The van der Waals surface area contributed by atoms with E-state index in [1.165, 1.54) is 18.5 Å². The maximum atomic E-state index is 12.4. The second kappa shape index (κ2) is 7.30. The summed E-state index contributed by atoms with van der Waals surface area (Å²) < 4.78 is 5.24. The van der Waals surface area contributed by atoms with Crippen LogP contribution in [0, 0.1) is 11.3 Å². The molecular formula is C18H21N3O2. The fraction of sp³-hybridized carbons (Fsp3) is 0.444. The van der Waals surface area contributed by atoms with Crippen LogP contribution in [0.15, 0.2) is 29.8 Å². The van der Waals surface area contributed by atoms with Gasteiger partial charge < -0.3 is 14.5 Å². The summed E-state index contributed by atoms with van der Waals surface area (Å²) in [5.74, 6) is -0.209. The monoisotopic (exact) mass is 311 g/mol. The van der Waals surface area contributed by atoms with Crippen molar-refractivity contribution in [1.29, 1.82) is 5.26 Å². The quantitative estimate of drug-likeness (QED) is 0.633. The maximum absolute atomic E-state index is 12.4. The van der Waals surface area contributed by atoms with Crippen LogP contribution >= 0.6 is 0 Å². The van der Waals surface area contributed by atoms with Crippen molar-refractivity contribution in [2.45, 2.75) is 12.8 Å². The van der Waals surface area contributed by atoms with Crippen molar-refractivity contribution in [1.82, 2.24) is 4.90 Å². The van der Waals surface area contributed by atoms with Crippen molar-refractivity contribution >= 4 is 17.7 Å². The molecule has 1 aromatic carbocycles. The highest BCUT2D eigenvalue weighted by Crippen LogP contribution is 2.21. The first-order valence-electron chi connectivity index (χ1n) is 8.12. The summed E-state index contributed by atoms with van der Waals surface area (Å²) in [5.41, 5.74) is 2.27. The van der Waals surface area contributed by atoms with Crippen LogP contribution in [-0.2, 0) is 9.53 Å². The Labute approximate surface area is 136 Å². The average Bonchev–Trinajstić information content (AvgIpc) is 3.15. The Kier molecular flexibility index (Phi) is 4.94. The number of nitrogens with zero attached hydrogens (tertiary/aromatic N) is 3. The van der Waals surface area contributed by atoms with Gasteiger partial charge >= 0.3 is 0 Å². The number of benzene rings is 1. The van der Waals surface area contributed by atoms with Gasteiger partial charge in [0.05, 0.1) is 13.2 Å². The van der Waals surface area contributed by atoms with E-state index in [0.29, 0.717) is 26.3 Å². The summed E-state index contributed by atoms with van der Waals surface area (Å²) in [6.45, 7) is 4.38. The maximum Gasteiger partial charge on any atom is 0.264 e. The molecular weight excluding hydrogens is 290 g/mol. The van der Waals surface area contributed by atoms with E-state index in [-0.39, 0.29) is 11.5 Å². The van der Waals surface area contributed by atoms with Crippen LogP contribution in [0.2, 0.25) is 0 Å². The summed E-state index contributed by atoms with van der Waals surface area (Å²) in [7, 11) is 0. The van der Waals surface area contributed by atoms with E-state index in [0.717, 1.165) is 18.7 Å². The zero-order chi connectivity index (χ0) is 16.1. The molecule has 5 nitrogen and oxygen atoms in total. The number of carbonyl (C=O) groups is 1. The van der Waals surface area contributed by atoms with Crippen molar-refractivity contribution in [2.24, 2.45) is 0 Å². The molecule has 1 aromatic rings. The van der Waals surface area contributed by atoms with Crippen LogP contribution in [0.3, 0.4) is 0 Å². The van der Waals surface area contributed by atoms with Gasteiger partial charge in [0.15, 0.2) is 0 Å². The molecule has 0 spiro atoms. The number of rotatable bonds is 3. The molecule has 0 radical (unpaired) electrons. The third kappa shape index (κ3) is 3.72. The highest BCUT2D eigenvalue weighted by molar-refractivity contribution is 6.01. The normalized spacial score (nSPS) is 18.8. The second-order valence-corrected chi connectivity index (χ2v) is 5.86. The summed E-state index contributed by atoms with van der Waals surface area (Å²) in [6.07, 6.45) is 4.16. The highest BCUT2D eigenvalue weighted by atomic mass is 16.5. The minimum absolute atomic E-state index is 0.181. The van der Waals surface area contributed by atoms with Gasteiger partial charge in [-0.15, -0.1) is 0 Å². The Morgan fingerprint density at radius 3 is 2.35 bits per heavy atom. The predicted molar refractivity (Wildman–Crippen MR) is 88.9 cm³/mol. The summed E-state index contributed by atoms with van der Waals surface area (Å²) >= 11 is 0. The van der Waals surface area contributed by atoms with Crippen LogP contribution < -0.4 is 4.90 Å². The van der Waals surface area contributed by atoms with E-state index in [1.54, 1.807) is 11.0 Å². The number of anilines is 1. The molecule has 0 aromatic heterocycles. The van der Waals surface area contributed by atoms with Crippen LogP contribution in [0.1, 0.15) is 18.4 Å². The fourth-order valence-electron chi connectivity index (χ4n) is 3.00. The number of ether oxygens (including phenoxy) is 1. The van der Waals surface area contributed by atoms with Crippen molar-refractivity contribution < 1.29 is 9.53 Å². The van der Waals surface area contributed by atoms with Crippen LogP contribution in [0.4, 0.5) is 5.69 Å². The lowest BCUT2D eigenvalue weighted by Gasteiger charge is -2.26. The Morgan fingerprint density at radius 1 is 1.09 bits per heavy atom. The molecule has 2 aliphatic rings. The standard InChI is InChI=1S/C18H21N3O2/c19-14-16(18(22)21-9-11-23-12-10-21)13-15-3-5-17(6-4-15)20-7-1-2-8-20/h3-6,13H,1-2,7-12H2. The lowest BCUT2D eigenvalue weighted by atomic mass is 10.1. The van der Waals surface area contributed by atoms with Gasteiger partial charge in [-0.25, -0.2) is 0 Å². The first-order valence-corrected chi connectivity index (χ1v) is 8.12. The van der Waals surface area contributed by atoms with Crippen LogP contribution in [0.5, 0.6) is 0 Å². The number of nitriles is 1. The van der Waals surface area contributed by atoms with Gasteiger partial charge in [0.2, 0.25) is 0 Å². The lowest BCUT2D eigenvalue weighted by molar-refractivity contribution is -0.130. The Hall–Kier alpha value is -2.32. The Morgan fingerprint density at radius 2 is 1.74 bits per heavy atom. The molecule has 23 heavy (non-hydrogen) atoms. The molecule has 0 aliphatic carbocycles. The number of hydrogen-bond acceptors (Lipinski definition) is 4. The molecule has 0 bridgehead atoms. The van der Waals surface area contributed by atoms with Gasteiger partial charge in [0.25, 0.3) is 5.91 Å². The number of amides is 1. The van der Waals surface area contributed by atoms with E-state index in [2.05, 4.69) is 17.0 Å². The molecule has 2 heterocycles. The van der Waals surface area contributed by atoms with E-state index < -0.39 is 0 Å². The molecule has 0 unspecified atom stereocenters. The average molecular weight is 311 g/mol. The zero-order valence-corrected chi connectivity index (χ0v) is 13.2. The van der Waals surface area contributed by atoms with Crippen LogP contribution in [0.25, 0.3) is 6.08 Å².